The number of ether oxygens (including phenoxy) is 1. The molecule has 2 aliphatic carbocycles. The first-order valence-corrected chi connectivity index (χ1v) is 14.7. The lowest BCUT2D eigenvalue weighted by atomic mass is 9.75. The third-order valence-electron chi connectivity index (χ3n) is 7.84. The number of carbonyl (C=O) groups excluding carboxylic acids is 1. The minimum absolute atomic E-state index is 0.0436. The zero-order valence-corrected chi connectivity index (χ0v) is 22.2. The number of hydrogen-bond acceptors (Lipinski definition) is 5. The molecule has 8 heteroatoms. The SMILES string of the molecule is CCCC1CCCC(C(=O)NOC2CCCCO2)(S(=O)(=O)C2=CC=CC(C)(F)C=C2)CCC1CC. The van der Waals surface area contributed by atoms with Crippen LogP contribution in [-0.4, -0.2) is 37.6 Å². The molecule has 1 N–H and O–H groups in total. The van der Waals surface area contributed by atoms with Crippen LogP contribution in [-0.2, 0) is 24.2 Å². The Bertz CT molecular complexity index is 920. The number of hydroxylamine groups is 1. The van der Waals surface area contributed by atoms with Crippen molar-refractivity contribution < 1.29 is 27.2 Å². The minimum Gasteiger partial charge on any atom is -0.350 e. The summed E-state index contributed by atoms with van der Waals surface area (Å²) in [5.74, 6) is 0.238. The number of rotatable bonds is 8. The molecule has 1 aliphatic heterocycles. The predicted molar refractivity (Wildman–Crippen MR) is 136 cm³/mol. The fraction of sp³-hybridized carbons (Fsp3) is 0.741. The van der Waals surface area contributed by atoms with E-state index < -0.39 is 32.5 Å². The third kappa shape index (κ3) is 6.63. The number of alkyl halides is 1. The molecule has 5 atom stereocenters. The standard InChI is InChI=1S/C27H42FNO5S/c1-4-10-22-11-8-17-27(19-14-21(22)5-2,25(30)29-34-24-13-6-7-20-33-24)35(31,32)23-12-9-16-26(3,28)18-15-23/h9,12,15-16,18,21-22,24H,4-8,10-11,13-14,17,19-20H2,1-3H3,(H,29,30). The molecule has 0 aromatic heterocycles. The summed E-state index contributed by atoms with van der Waals surface area (Å²) in [4.78, 5) is 19.2. The van der Waals surface area contributed by atoms with E-state index in [1.807, 2.05) is 0 Å². The van der Waals surface area contributed by atoms with Gasteiger partial charge < -0.3 is 4.74 Å². The first-order chi connectivity index (χ1) is 16.6. The summed E-state index contributed by atoms with van der Waals surface area (Å²) >= 11 is 0. The monoisotopic (exact) mass is 511 g/mol. The molecule has 0 aromatic carbocycles. The number of sulfone groups is 1. The van der Waals surface area contributed by atoms with E-state index in [2.05, 4.69) is 19.3 Å². The Hall–Kier alpha value is -1.51. The highest BCUT2D eigenvalue weighted by Crippen LogP contribution is 2.43. The normalized spacial score (nSPS) is 34.4. The van der Waals surface area contributed by atoms with Gasteiger partial charge in [0.15, 0.2) is 20.9 Å². The topological polar surface area (TPSA) is 81.7 Å². The van der Waals surface area contributed by atoms with Crippen LogP contribution in [0.1, 0.15) is 91.4 Å². The van der Waals surface area contributed by atoms with Crippen LogP contribution >= 0.6 is 0 Å². The van der Waals surface area contributed by atoms with E-state index in [1.54, 1.807) is 0 Å². The van der Waals surface area contributed by atoms with E-state index >= 15 is 0 Å². The molecular weight excluding hydrogens is 469 g/mol. The van der Waals surface area contributed by atoms with Crippen molar-refractivity contribution in [2.45, 2.75) is 108 Å². The first-order valence-electron chi connectivity index (χ1n) is 13.2. The van der Waals surface area contributed by atoms with Crippen LogP contribution in [0, 0.1) is 11.8 Å². The van der Waals surface area contributed by atoms with Crippen molar-refractivity contribution in [1.82, 2.24) is 5.48 Å². The van der Waals surface area contributed by atoms with Crippen molar-refractivity contribution in [2.75, 3.05) is 6.61 Å². The average Bonchev–Trinajstić information content (AvgIpc) is 3.01. The summed E-state index contributed by atoms with van der Waals surface area (Å²) in [5, 5.41) is 0. The van der Waals surface area contributed by atoms with Crippen LogP contribution in [0.2, 0.25) is 0 Å². The van der Waals surface area contributed by atoms with Gasteiger partial charge in [0.2, 0.25) is 0 Å². The molecule has 0 bridgehead atoms. The lowest BCUT2D eigenvalue weighted by molar-refractivity contribution is -0.201. The third-order valence-corrected chi connectivity index (χ3v) is 10.4. The van der Waals surface area contributed by atoms with Gasteiger partial charge in [-0.3, -0.25) is 4.79 Å². The second-order valence-electron chi connectivity index (χ2n) is 10.4. The molecule has 35 heavy (non-hydrogen) atoms. The lowest BCUT2D eigenvalue weighted by Crippen LogP contribution is -2.54. The fourth-order valence-corrected chi connectivity index (χ4v) is 7.72. The van der Waals surface area contributed by atoms with Crippen molar-refractivity contribution in [1.29, 1.82) is 0 Å². The summed E-state index contributed by atoms with van der Waals surface area (Å²) in [5.41, 5.74) is 0.713. The van der Waals surface area contributed by atoms with E-state index in [-0.39, 0.29) is 17.7 Å². The van der Waals surface area contributed by atoms with Crippen LogP contribution in [0.5, 0.6) is 0 Å². The van der Waals surface area contributed by atoms with Gasteiger partial charge in [0.25, 0.3) is 5.91 Å². The number of allylic oxidation sites excluding steroid dienone is 5. The van der Waals surface area contributed by atoms with Crippen molar-refractivity contribution in [3.63, 3.8) is 0 Å². The molecule has 0 spiro atoms. The molecule has 5 unspecified atom stereocenters. The largest absolute Gasteiger partial charge is 0.350 e. The van der Waals surface area contributed by atoms with Crippen molar-refractivity contribution in [2.24, 2.45) is 11.8 Å². The predicted octanol–water partition coefficient (Wildman–Crippen LogP) is 5.86. The molecule has 1 saturated heterocycles. The Morgan fingerprint density at radius 1 is 1.14 bits per heavy atom. The molecule has 6 nitrogen and oxygen atoms in total. The second kappa shape index (κ2) is 12.2. The molecule has 0 aromatic rings. The van der Waals surface area contributed by atoms with Crippen LogP contribution < -0.4 is 5.48 Å². The Morgan fingerprint density at radius 3 is 2.63 bits per heavy atom. The van der Waals surface area contributed by atoms with Crippen molar-refractivity contribution >= 4 is 15.7 Å². The first kappa shape index (κ1) is 28.1. The Kier molecular flexibility index (Phi) is 9.75. The van der Waals surface area contributed by atoms with Crippen molar-refractivity contribution in [3.8, 4) is 0 Å². The maximum Gasteiger partial charge on any atom is 0.265 e. The van der Waals surface area contributed by atoms with E-state index in [0.717, 1.165) is 38.5 Å². The zero-order valence-electron chi connectivity index (χ0n) is 21.4. The summed E-state index contributed by atoms with van der Waals surface area (Å²) in [7, 11) is -4.15. The summed E-state index contributed by atoms with van der Waals surface area (Å²) in [6.45, 7) is 6.22. The van der Waals surface area contributed by atoms with Gasteiger partial charge in [-0.15, -0.1) is 0 Å². The van der Waals surface area contributed by atoms with Gasteiger partial charge in [0, 0.05) is 13.0 Å². The highest BCUT2D eigenvalue weighted by atomic mass is 32.2. The van der Waals surface area contributed by atoms with Crippen LogP contribution in [0.15, 0.2) is 35.3 Å². The smallest absolute Gasteiger partial charge is 0.265 e. The highest BCUT2D eigenvalue weighted by molar-refractivity contribution is 7.97. The summed E-state index contributed by atoms with van der Waals surface area (Å²) in [6.07, 6.45) is 14.3. The van der Waals surface area contributed by atoms with Crippen LogP contribution in [0.25, 0.3) is 0 Å². The summed E-state index contributed by atoms with van der Waals surface area (Å²) in [6, 6.07) is 0. The molecular formula is C27H42FNO5S. The molecule has 198 valence electrons. The van der Waals surface area contributed by atoms with Gasteiger partial charge in [0.1, 0.15) is 5.67 Å². The van der Waals surface area contributed by atoms with Gasteiger partial charge >= 0.3 is 0 Å². The number of halogens is 1. The maximum absolute atomic E-state index is 14.5. The van der Waals surface area contributed by atoms with Gasteiger partial charge in [-0.2, -0.15) is 0 Å². The number of carbonyl (C=O) groups is 1. The Morgan fingerprint density at radius 2 is 1.94 bits per heavy atom. The molecule has 3 rings (SSSR count). The van der Waals surface area contributed by atoms with E-state index in [1.165, 1.54) is 37.3 Å². The van der Waals surface area contributed by atoms with E-state index in [0.29, 0.717) is 37.7 Å². The van der Waals surface area contributed by atoms with Crippen LogP contribution in [0.3, 0.4) is 0 Å². The van der Waals surface area contributed by atoms with Crippen molar-refractivity contribution in [3.05, 3.63) is 35.3 Å². The molecule has 3 aliphatic rings. The molecule has 1 heterocycles. The van der Waals surface area contributed by atoms with Gasteiger partial charge in [-0.25, -0.2) is 23.1 Å². The van der Waals surface area contributed by atoms with Gasteiger partial charge in [0.05, 0.1) is 4.91 Å². The Labute approximate surface area is 210 Å². The number of amides is 1. The van der Waals surface area contributed by atoms with Gasteiger partial charge in [-0.1, -0.05) is 52.0 Å². The van der Waals surface area contributed by atoms with E-state index in [9.17, 15) is 17.6 Å². The Balaban J connectivity index is 1.94. The highest BCUT2D eigenvalue weighted by Gasteiger charge is 2.52. The molecule has 1 saturated carbocycles. The van der Waals surface area contributed by atoms with Crippen LogP contribution in [0.4, 0.5) is 4.39 Å². The summed E-state index contributed by atoms with van der Waals surface area (Å²) < 4.78 is 46.7. The number of hydrogen-bond donors (Lipinski definition) is 1. The molecule has 0 radical (unpaired) electrons. The van der Waals surface area contributed by atoms with E-state index in [4.69, 9.17) is 9.57 Å². The lowest BCUT2D eigenvalue weighted by Gasteiger charge is -2.38. The van der Waals surface area contributed by atoms with Gasteiger partial charge in [-0.05, 0) is 75.2 Å². The quantitative estimate of drug-likeness (QED) is 0.413. The second-order valence-corrected chi connectivity index (χ2v) is 12.7. The molecule has 1 amide bonds. The minimum atomic E-state index is -4.15. The maximum atomic E-state index is 14.5. The average molecular weight is 512 g/mol. The number of nitrogens with one attached hydrogen (secondary N) is 1. The molecule has 2 fully saturated rings. The zero-order chi connectivity index (χ0) is 25.5. The fourth-order valence-electron chi connectivity index (χ4n) is 5.68.